The number of nitrogens with two attached hydrogens (primary N) is 1. The largest absolute Gasteiger partial charge is 0.404 e. The van der Waals surface area contributed by atoms with E-state index in [9.17, 15) is 0 Å². The van der Waals surface area contributed by atoms with Gasteiger partial charge in [-0.25, -0.2) is 9.98 Å². The van der Waals surface area contributed by atoms with Gasteiger partial charge < -0.3 is 11.1 Å². The number of nitrogens with one attached hydrogen (secondary N) is 1. The molecular weight excluding hydrogens is 488 g/mol. The van der Waals surface area contributed by atoms with Crippen LogP contribution in [0.1, 0.15) is 35.3 Å². The van der Waals surface area contributed by atoms with E-state index in [2.05, 4.69) is 90.2 Å². The van der Waals surface area contributed by atoms with E-state index >= 15 is 0 Å². The Morgan fingerprint density at radius 3 is 2.10 bits per heavy atom. The normalized spacial score (nSPS) is 15.5. The van der Waals surface area contributed by atoms with Crippen molar-refractivity contribution in [1.82, 2.24) is 5.32 Å². The molecule has 0 spiro atoms. The summed E-state index contributed by atoms with van der Waals surface area (Å²) in [5.41, 5.74) is 13.3. The Morgan fingerprint density at radius 1 is 0.725 bits per heavy atom. The Morgan fingerprint density at radius 2 is 1.40 bits per heavy atom. The lowest BCUT2D eigenvalue weighted by Gasteiger charge is -2.26. The van der Waals surface area contributed by atoms with Crippen molar-refractivity contribution < 1.29 is 0 Å². The zero-order valence-corrected chi connectivity index (χ0v) is 22.3. The smallest absolute Gasteiger partial charge is 0.159 e. The fourth-order valence-corrected chi connectivity index (χ4v) is 5.17. The first kappa shape index (κ1) is 25.1. The molecule has 6 rings (SSSR count). The summed E-state index contributed by atoms with van der Waals surface area (Å²) >= 11 is 0. The van der Waals surface area contributed by atoms with Crippen LogP contribution in [0.15, 0.2) is 150 Å². The van der Waals surface area contributed by atoms with Crippen LogP contribution in [0.2, 0.25) is 0 Å². The van der Waals surface area contributed by atoms with Gasteiger partial charge in [0, 0.05) is 22.9 Å². The van der Waals surface area contributed by atoms with E-state index in [4.69, 9.17) is 15.7 Å². The molecule has 5 aromatic rings. The fraction of sp³-hybridized carbons (Fsp3) is 0.0556. The maximum Gasteiger partial charge on any atom is 0.159 e. The molecule has 1 atom stereocenters. The molecule has 0 aromatic heterocycles. The molecule has 0 saturated carbocycles. The molecule has 1 unspecified atom stereocenters. The van der Waals surface area contributed by atoms with Gasteiger partial charge in [-0.2, -0.15) is 0 Å². The van der Waals surface area contributed by atoms with Crippen molar-refractivity contribution in [2.45, 2.75) is 13.1 Å². The molecule has 0 radical (unpaired) electrons. The maximum absolute atomic E-state index is 5.90. The highest BCUT2D eigenvalue weighted by atomic mass is 15.2. The quantitative estimate of drug-likeness (QED) is 0.225. The van der Waals surface area contributed by atoms with E-state index in [0.717, 1.165) is 50.2 Å². The summed E-state index contributed by atoms with van der Waals surface area (Å²) in [5.74, 6) is 1.51. The lowest BCUT2D eigenvalue weighted by atomic mass is 9.91. The number of nitrogens with zero attached hydrogens (tertiary/aromatic N) is 2. The number of hydrogen-bond donors (Lipinski definition) is 2. The predicted octanol–water partition coefficient (Wildman–Crippen LogP) is 7.88. The third-order valence-corrected chi connectivity index (χ3v) is 7.12. The monoisotopic (exact) mass is 518 g/mol. The summed E-state index contributed by atoms with van der Waals surface area (Å²) < 4.78 is 0. The van der Waals surface area contributed by atoms with Gasteiger partial charge in [0.2, 0.25) is 0 Å². The molecule has 1 aliphatic heterocycles. The number of amidine groups is 2. The van der Waals surface area contributed by atoms with Crippen molar-refractivity contribution >= 4 is 28.0 Å². The number of aliphatic imine (C=N–C) groups is 2. The Bertz CT molecular complexity index is 1760. The van der Waals surface area contributed by atoms with E-state index in [0.29, 0.717) is 5.84 Å². The highest BCUT2D eigenvalue weighted by Crippen LogP contribution is 2.37. The molecule has 40 heavy (non-hydrogen) atoms. The average Bonchev–Trinajstić information content (AvgIpc) is 3.04. The first-order valence-corrected chi connectivity index (χ1v) is 13.5. The van der Waals surface area contributed by atoms with Crippen LogP contribution < -0.4 is 11.1 Å². The summed E-state index contributed by atoms with van der Waals surface area (Å²) in [6.07, 6.45) is 5.32. The van der Waals surface area contributed by atoms with Crippen LogP contribution in [-0.4, -0.2) is 11.7 Å². The van der Waals surface area contributed by atoms with Gasteiger partial charge in [0.15, 0.2) is 5.84 Å². The lowest BCUT2D eigenvalue weighted by molar-refractivity contribution is 0.681. The summed E-state index contributed by atoms with van der Waals surface area (Å²) in [6, 6.07) is 41.9. The van der Waals surface area contributed by atoms with Gasteiger partial charge in [-0.1, -0.05) is 133 Å². The van der Waals surface area contributed by atoms with Gasteiger partial charge >= 0.3 is 0 Å². The molecule has 3 N–H and O–H groups in total. The number of benzene rings is 5. The molecule has 0 amide bonds. The van der Waals surface area contributed by atoms with Crippen LogP contribution in [0.4, 0.5) is 0 Å². The number of allylic oxidation sites excluding steroid dienone is 3. The van der Waals surface area contributed by atoms with Crippen molar-refractivity contribution in [1.29, 1.82) is 0 Å². The van der Waals surface area contributed by atoms with E-state index in [-0.39, 0.29) is 6.17 Å². The zero-order chi connectivity index (χ0) is 27.3. The number of rotatable bonds is 6. The Hall–Kier alpha value is -5.22. The molecule has 0 bridgehead atoms. The molecule has 194 valence electrons. The topological polar surface area (TPSA) is 62.8 Å². The third-order valence-electron chi connectivity index (χ3n) is 7.12. The minimum Gasteiger partial charge on any atom is -0.404 e. The average molecular weight is 519 g/mol. The van der Waals surface area contributed by atoms with Crippen molar-refractivity contribution in [3.05, 3.63) is 162 Å². The van der Waals surface area contributed by atoms with Crippen LogP contribution in [0.5, 0.6) is 0 Å². The van der Waals surface area contributed by atoms with Gasteiger partial charge in [-0.3, -0.25) is 0 Å². The minimum absolute atomic E-state index is 0.341. The first-order valence-electron chi connectivity index (χ1n) is 13.5. The second-order valence-electron chi connectivity index (χ2n) is 9.64. The number of hydrogen-bond acceptors (Lipinski definition) is 4. The Labute approximate surface area is 234 Å². The minimum atomic E-state index is -0.341. The summed E-state index contributed by atoms with van der Waals surface area (Å²) in [5, 5.41) is 6.00. The van der Waals surface area contributed by atoms with Crippen LogP contribution in [0.3, 0.4) is 0 Å². The third kappa shape index (κ3) is 4.95. The van der Waals surface area contributed by atoms with E-state index in [1.54, 1.807) is 6.20 Å². The predicted molar refractivity (Wildman–Crippen MR) is 168 cm³/mol. The van der Waals surface area contributed by atoms with Crippen molar-refractivity contribution in [3.8, 4) is 11.1 Å². The summed E-state index contributed by atoms with van der Waals surface area (Å²) in [7, 11) is 0. The van der Waals surface area contributed by atoms with Crippen LogP contribution in [-0.2, 0) is 0 Å². The lowest BCUT2D eigenvalue weighted by Crippen LogP contribution is -2.34. The molecule has 1 aliphatic rings. The maximum atomic E-state index is 5.90. The van der Waals surface area contributed by atoms with Gasteiger partial charge in [0.1, 0.15) is 12.0 Å². The standard InChI is InChI=1S/C36H30N4/c1-2-11-30(24-37)25-18-20-27(21-19-25)32-23-22-26-12-9-10-17-31(26)33(32)36-39-34(28-13-5-3-6-14-28)38-35(40-36)29-15-7-4-8-16-29/h2-24,36H,37H2,1H3,(H,38,39,40)/b11-2-,30-24+. The van der Waals surface area contributed by atoms with Crippen LogP contribution in [0.25, 0.3) is 27.5 Å². The first-order chi connectivity index (χ1) is 19.7. The molecule has 0 saturated heterocycles. The van der Waals surface area contributed by atoms with Crippen molar-refractivity contribution in [2.24, 2.45) is 15.7 Å². The van der Waals surface area contributed by atoms with E-state index in [1.807, 2.05) is 55.5 Å². The highest BCUT2D eigenvalue weighted by Gasteiger charge is 2.25. The molecule has 4 nitrogen and oxygen atoms in total. The summed E-state index contributed by atoms with van der Waals surface area (Å²) in [6.45, 7) is 1.99. The fourth-order valence-electron chi connectivity index (χ4n) is 5.17. The van der Waals surface area contributed by atoms with Crippen molar-refractivity contribution in [2.75, 3.05) is 0 Å². The Balaban J connectivity index is 1.53. The molecule has 5 aromatic carbocycles. The Kier molecular flexibility index (Phi) is 7.06. The molecule has 0 fully saturated rings. The van der Waals surface area contributed by atoms with Crippen LogP contribution >= 0.6 is 0 Å². The molecule has 4 heteroatoms. The molecule has 1 heterocycles. The second-order valence-corrected chi connectivity index (χ2v) is 9.64. The highest BCUT2D eigenvalue weighted by molar-refractivity contribution is 6.13. The SMILES string of the molecule is C/C=C\C(=C/N)c1ccc(-c2ccc3ccccc3c2C2N=C(c3ccccc3)N=C(c3ccccc3)N2)cc1. The summed E-state index contributed by atoms with van der Waals surface area (Å²) in [4.78, 5) is 10.2. The van der Waals surface area contributed by atoms with Crippen molar-refractivity contribution in [3.63, 3.8) is 0 Å². The van der Waals surface area contributed by atoms with Crippen LogP contribution in [0, 0.1) is 0 Å². The van der Waals surface area contributed by atoms with Gasteiger partial charge in [-0.05, 0) is 40.0 Å². The van der Waals surface area contributed by atoms with Gasteiger partial charge in [0.05, 0.1) is 0 Å². The zero-order valence-electron chi connectivity index (χ0n) is 22.3. The van der Waals surface area contributed by atoms with E-state index < -0.39 is 0 Å². The second kappa shape index (κ2) is 11.3. The number of fused-ring (bicyclic) bond motifs is 1. The van der Waals surface area contributed by atoms with Gasteiger partial charge in [-0.15, -0.1) is 0 Å². The molecule has 0 aliphatic carbocycles. The molecular formula is C36H30N4. The van der Waals surface area contributed by atoms with Gasteiger partial charge in [0.25, 0.3) is 0 Å². The van der Waals surface area contributed by atoms with E-state index in [1.165, 1.54) is 5.39 Å².